The Morgan fingerprint density at radius 1 is 1.19 bits per heavy atom. The summed E-state index contributed by atoms with van der Waals surface area (Å²) in [7, 11) is 0. The fraction of sp³-hybridized carbons (Fsp3) is 0.333. The maximum atomic E-state index is 6.13. The van der Waals surface area contributed by atoms with E-state index in [9.17, 15) is 0 Å². The van der Waals surface area contributed by atoms with Crippen molar-refractivity contribution in [3.8, 4) is 11.5 Å². The van der Waals surface area contributed by atoms with Gasteiger partial charge in [0.15, 0.2) is 5.82 Å². The summed E-state index contributed by atoms with van der Waals surface area (Å²) in [6, 6.07) is 9.74. The van der Waals surface area contributed by atoms with E-state index in [0.717, 1.165) is 24.8 Å². The molecule has 1 saturated carbocycles. The van der Waals surface area contributed by atoms with Crippen LogP contribution in [0.4, 0.5) is 0 Å². The van der Waals surface area contributed by atoms with E-state index in [0.29, 0.717) is 11.7 Å². The first kappa shape index (κ1) is 9.54. The highest BCUT2D eigenvalue weighted by Crippen LogP contribution is 2.37. The van der Waals surface area contributed by atoms with Crippen LogP contribution in [0.15, 0.2) is 34.9 Å². The quantitative estimate of drug-likeness (QED) is 0.832. The van der Waals surface area contributed by atoms with E-state index in [2.05, 4.69) is 10.1 Å². The molecule has 3 rings (SSSR count). The molecule has 0 saturated heterocycles. The van der Waals surface area contributed by atoms with Crippen LogP contribution in [-0.4, -0.2) is 10.1 Å². The summed E-state index contributed by atoms with van der Waals surface area (Å²) < 4.78 is 5.23. The van der Waals surface area contributed by atoms with E-state index >= 15 is 0 Å². The largest absolute Gasteiger partial charge is 0.334 e. The molecule has 16 heavy (non-hydrogen) atoms. The molecule has 4 nitrogen and oxygen atoms in total. The lowest BCUT2D eigenvalue weighted by molar-refractivity contribution is 0.229. The molecule has 2 N–H and O–H groups in total. The minimum Gasteiger partial charge on any atom is -0.334 e. The van der Waals surface area contributed by atoms with Crippen LogP contribution in [0.5, 0.6) is 0 Å². The van der Waals surface area contributed by atoms with Gasteiger partial charge in [-0.2, -0.15) is 4.98 Å². The number of rotatable bonds is 2. The van der Waals surface area contributed by atoms with Gasteiger partial charge in [0.25, 0.3) is 5.89 Å². The normalized spacial score (nSPS) is 18.1. The Morgan fingerprint density at radius 3 is 2.56 bits per heavy atom. The number of benzene rings is 1. The molecule has 1 aliphatic carbocycles. The van der Waals surface area contributed by atoms with Gasteiger partial charge in [-0.05, 0) is 31.4 Å². The van der Waals surface area contributed by atoms with E-state index < -0.39 is 0 Å². The molecule has 0 radical (unpaired) electrons. The number of nitrogens with two attached hydrogens (primary N) is 1. The molecule has 1 aliphatic rings. The van der Waals surface area contributed by atoms with Crippen molar-refractivity contribution in [2.75, 3.05) is 0 Å². The molecule has 1 aromatic heterocycles. The number of hydrogen-bond donors (Lipinski definition) is 1. The zero-order valence-corrected chi connectivity index (χ0v) is 8.89. The molecule has 1 aromatic carbocycles. The second-order valence-corrected chi connectivity index (χ2v) is 4.30. The second-order valence-electron chi connectivity index (χ2n) is 4.30. The molecule has 1 heterocycles. The van der Waals surface area contributed by atoms with Gasteiger partial charge in [0.2, 0.25) is 0 Å². The molecule has 2 aromatic rings. The second kappa shape index (κ2) is 3.42. The Kier molecular flexibility index (Phi) is 2.04. The predicted octanol–water partition coefficient (Wildman–Crippen LogP) is 2.07. The number of nitrogens with zero attached hydrogens (tertiary/aromatic N) is 2. The van der Waals surface area contributed by atoms with Crippen LogP contribution < -0.4 is 5.73 Å². The molecule has 0 unspecified atom stereocenters. The molecule has 0 atom stereocenters. The fourth-order valence-corrected chi connectivity index (χ4v) is 1.90. The highest BCUT2D eigenvalue weighted by atomic mass is 16.5. The molecule has 0 aliphatic heterocycles. The van der Waals surface area contributed by atoms with E-state index in [1.165, 1.54) is 0 Å². The first-order chi connectivity index (χ1) is 7.78. The van der Waals surface area contributed by atoms with Gasteiger partial charge in [0, 0.05) is 5.56 Å². The van der Waals surface area contributed by atoms with Crippen molar-refractivity contribution in [1.82, 2.24) is 10.1 Å². The Hall–Kier alpha value is -1.68. The van der Waals surface area contributed by atoms with Gasteiger partial charge in [0.1, 0.15) is 0 Å². The third-order valence-electron chi connectivity index (χ3n) is 3.14. The van der Waals surface area contributed by atoms with Gasteiger partial charge >= 0.3 is 0 Å². The van der Waals surface area contributed by atoms with Crippen LogP contribution in [0.25, 0.3) is 11.5 Å². The van der Waals surface area contributed by atoms with Crippen LogP contribution >= 0.6 is 0 Å². The predicted molar refractivity (Wildman–Crippen MR) is 59.5 cm³/mol. The average Bonchev–Trinajstić information content (AvgIpc) is 2.77. The van der Waals surface area contributed by atoms with Crippen molar-refractivity contribution in [2.24, 2.45) is 5.73 Å². The highest BCUT2D eigenvalue weighted by Gasteiger charge is 2.39. The van der Waals surface area contributed by atoms with Crippen LogP contribution in [0.2, 0.25) is 0 Å². The summed E-state index contributed by atoms with van der Waals surface area (Å²) in [4.78, 5) is 4.37. The Labute approximate surface area is 93.5 Å². The fourth-order valence-electron chi connectivity index (χ4n) is 1.90. The van der Waals surface area contributed by atoms with E-state index in [4.69, 9.17) is 10.3 Å². The maximum Gasteiger partial charge on any atom is 0.257 e. The van der Waals surface area contributed by atoms with Gasteiger partial charge in [0.05, 0.1) is 5.54 Å². The van der Waals surface area contributed by atoms with Gasteiger partial charge in [-0.15, -0.1) is 0 Å². The SMILES string of the molecule is NC1(c2noc(-c3ccccc3)n2)CCC1. The topological polar surface area (TPSA) is 64.9 Å². The summed E-state index contributed by atoms with van der Waals surface area (Å²) in [6.45, 7) is 0. The molecule has 4 heteroatoms. The van der Waals surface area contributed by atoms with E-state index in [-0.39, 0.29) is 5.54 Å². The lowest BCUT2D eigenvalue weighted by Gasteiger charge is -2.34. The van der Waals surface area contributed by atoms with Crippen LogP contribution in [0.3, 0.4) is 0 Å². The monoisotopic (exact) mass is 215 g/mol. The maximum absolute atomic E-state index is 6.13. The number of aromatic nitrogens is 2. The van der Waals surface area contributed by atoms with Crippen molar-refractivity contribution >= 4 is 0 Å². The van der Waals surface area contributed by atoms with Crippen LogP contribution in [-0.2, 0) is 5.54 Å². The molecule has 0 amide bonds. The Morgan fingerprint density at radius 2 is 1.94 bits per heavy atom. The van der Waals surface area contributed by atoms with Gasteiger partial charge in [-0.25, -0.2) is 0 Å². The first-order valence-corrected chi connectivity index (χ1v) is 5.46. The zero-order valence-electron chi connectivity index (χ0n) is 8.89. The minimum atomic E-state index is -0.351. The summed E-state index contributed by atoms with van der Waals surface area (Å²) in [6.07, 6.45) is 3.03. The third-order valence-corrected chi connectivity index (χ3v) is 3.14. The van der Waals surface area contributed by atoms with Crippen LogP contribution in [0, 0.1) is 0 Å². The average molecular weight is 215 g/mol. The molecule has 0 bridgehead atoms. The first-order valence-electron chi connectivity index (χ1n) is 5.46. The van der Waals surface area contributed by atoms with Crippen LogP contribution in [0.1, 0.15) is 25.1 Å². The van der Waals surface area contributed by atoms with Crippen molar-refractivity contribution in [3.05, 3.63) is 36.2 Å². The van der Waals surface area contributed by atoms with Gasteiger partial charge < -0.3 is 10.3 Å². The standard InChI is InChI=1S/C12H13N3O/c13-12(7-4-8-12)11-14-10(16-15-11)9-5-2-1-3-6-9/h1-3,5-6H,4,7-8,13H2. The van der Waals surface area contributed by atoms with Gasteiger partial charge in [-0.1, -0.05) is 23.4 Å². The molecular formula is C12H13N3O. The summed E-state index contributed by atoms with van der Waals surface area (Å²) in [5.41, 5.74) is 6.71. The van der Waals surface area contributed by atoms with E-state index in [1.807, 2.05) is 30.3 Å². The summed E-state index contributed by atoms with van der Waals surface area (Å²) >= 11 is 0. The van der Waals surface area contributed by atoms with Crippen molar-refractivity contribution in [2.45, 2.75) is 24.8 Å². The molecular weight excluding hydrogens is 202 g/mol. The lowest BCUT2D eigenvalue weighted by Crippen LogP contribution is -2.44. The highest BCUT2D eigenvalue weighted by molar-refractivity contribution is 5.52. The Bertz CT molecular complexity index is 488. The minimum absolute atomic E-state index is 0.351. The number of hydrogen-bond acceptors (Lipinski definition) is 4. The zero-order chi connectivity index (χ0) is 11.0. The molecule has 0 spiro atoms. The van der Waals surface area contributed by atoms with Crippen molar-refractivity contribution < 1.29 is 4.52 Å². The Balaban J connectivity index is 1.94. The van der Waals surface area contributed by atoms with Gasteiger partial charge in [-0.3, -0.25) is 0 Å². The summed E-state index contributed by atoms with van der Waals surface area (Å²) in [5.74, 6) is 1.19. The van der Waals surface area contributed by atoms with Crippen molar-refractivity contribution in [1.29, 1.82) is 0 Å². The molecule has 82 valence electrons. The molecule has 1 fully saturated rings. The summed E-state index contributed by atoms with van der Waals surface area (Å²) in [5, 5.41) is 3.98. The third kappa shape index (κ3) is 1.42. The lowest BCUT2D eigenvalue weighted by atomic mass is 9.77. The smallest absolute Gasteiger partial charge is 0.257 e. The van der Waals surface area contributed by atoms with E-state index in [1.54, 1.807) is 0 Å². The van der Waals surface area contributed by atoms with Crippen molar-refractivity contribution in [3.63, 3.8) is 0 Å².